The van der Waals surface area contributed by atoms with Crippen LogP contribution < -0.4 is 15.5 Å². The quantitative estimate of drug-likeness (QED) is 0.295. The lowest BCUT2D eigenvalue weighted by molar-refractivity contribution is -0.111. The molecule has 1 fully saturated rings. The van der Waals surface area contributed by atoms with Gasteiger partial charge >= 0.3 is 0 Å². The second kappa shape index (κ2) is 12.0. The van der Waals surface area contributed by atoms with Gasteiger partial charge in [0.1, 0.15) is 5.82 Å². The lowest BCUT2D eigenvalue weighted by atomic mass is 10.0. The maximum atomic E-state index is 15.2. The van der Waals surface area contributed by atoms with E-state index in [-0.39, 0.29) is 11.7 Å². The molecule has 2 heterocycles. The Morgan fingerprint density at radius 2 is 1.92 bits per heavy atom. The van der Waals surface area contributed by atoms with Crippen LogP contribution in [-0.4, -0.2) is 67.2 Å². The van der Waals surface area contributed by atoms with Gasteiger partial charge in [-0.3, -0.25) is 9.69 Å². The van der Waals surface area contributed by atoms with Crippen LogP contribution in [-0.2, 0) is 9.53 Å². The molecule has 0 saturated carbocycles. The summed E-state index contributed by atoms with van der Waals surface area (Å²) in [6.07, 6.45) is 2.94. The van der Waals surface area contributed by atoms with E-state index >= 15 is 4.39 Å². The number of halogens is 1. The molecule has 8 nitrogen and oxygen atoms in total. The van der Waals surface area contributed by atoms with Gasteiger partial charge in [-0.25, -0.2) is 14.4 Å². The minimum absolute atomic E-state index is 0.281. The summed E-state index contributed by atoms with van der Waals surface area (Å²) in [4.78, 5) is 25.4. The van der Waals surface area contributed by atoms with Gasteiger partial charge in [-0.1, -0.05) is 36.9 Å². The average Bonchev–Trinajstić information content (AvgIpc) is 2.97. The van der Waals surface area contributed by atoms with Crippen molar-refractivity contribution in [3.8, 4) is 11.1 Å². The number of methoxy groups -OCH3 is 1. The molecule has 1 amide bonds. The van der Waals surface area contributed by atoms with Gasteiger partial charge in [-0.2, -0.15) is 0 Å². The van der Waals surface area contributed by atoms with E-state index in [9.17, 15) is 4.79 Å². The summed E-state index contributed by atoms with van der Waals surface area (Å²) < 4.78 is 20.3. The monoisotopic (exact) mass is 526 g/mol. The number of carbonyl (C=O) groups excluding carboxylic acids is 1. The minimum Gasteiger partial charge on any atom is -0.383 e. The van der Waals surface area contributed by atoms with Crippen LogP contribution in [0.2, 0.25) is 0 Å². The lowest BCUT2D eigenvalue weighted by Crippen LogP contribution is -2.47. The van der Waals surface area contributed by atoms with E-state index in [4.69, 9.17) is 9.72 Å². The fourth-order valence-electron chi connectivity index (χ4n) is 4.68. The topological polar surface area (TPSA) is 82.6 Å². The normalized spacial score (nSPS) is 13.8. The van der Waals surface area contributed by atoms with Crippen LogP contribution in [0.3, 0.4) is 0 Å². The molecule has 4 aromatic rings. The Labute approximate surface area is 227 Å². The second-order valence-electron chi connectivity index (χ2n) is 9.32. The Morgan fingerprint density at radius 1 is 1.10 bits per heavy atom. The molecule has 1 aliphatic heterocycles. The van der Waals surface area contributed by atoms with Gasteiger partial charge in [-0.15, -0.1) is 0 Å². The van der Waals surface area contributed by atoms with E-state index < -0.39 is 0 Å². The highest BCUT2D eigenvalue weighted by Crippen LogP contribution is 2.30. The number of piperazine rings is 1. The van der Waals surface area contributed by atoms with Crippen LogP contribution in [0.15, 0.2) is 79.5 Å². The number of para-hydroxylation sites is 1. The standard InChI is InChI=1S/C30H31FN6O2/c1-3-28(38)33-23-8-4-6-21(18-23)25-9-5-7-22-20-32-30(35-29(22)25)34-27-11-10-24(19-26(27)31)37-14-12-36(13-15-37)16-17-39-2/h3-11,18-20H,1,12-17H2,2H3,(H,33,38)(H,32,34,35). The van der Waals surface area contributed by atoms with Gasteiger partial charge in [0.2, 0.25) is 11.9 Å². The molecule has 0 atom stereocenters. The molecule has 39 heavy (non-hydrogen) atoms. The summed E-state index contributed by atoms with van der Waals surface area (Å²) >= 11 is 0. The first-order chi connectivity index (χ1) is 19.0. The van der Waals surface area contributed by atoms with Crippen molar-refractivity contribution in [3.63, 3.8) is 0 Å². The number of nitrogens with one attached hydrogen (secondary N) is 2. The van der Waals surface area contributed by atoms with Crippen molar-refractivity contribution >= 4 is 39.8 Å². The van der Waals surface area contributed by atoms with Crippen molar-refractivity contribution in [3.05, 3.63) is 85.3 Å². The molecule has 1 aromatic heterocycles. The van der Waals surface area contributed by atoms with Crippen LogP contribution >= 0.6 is 0 Å². The minimum atomic E-state index is -0.364. The molecule has 1 aliphatic rings. The summed E-state index contributed by atoms with van der Waals surface area (Å²) in [5, 5.41) is 6.67. The number of benzene rings is 3. The van der Waals surface area contributed by atoms with Gasteiger partial charge < -0.3 is 20.3 Å². The number of aromatic nitrogens is 2. The van der Waals surface area contributed by atoms with Crippen molar-refractivity contribution in [1.82, 2.24) is 14.9 Å². The van der Waals surface area contributed by atoms with Crippen LogP contribution in [0.25, 0.3) is 22.0 Å². The predicted octanol–water partition coefficient (Wildman–Crippen LogP) is 5.07. The Bertz CT molecular complexity index is 1490. The summed E-state index contributed by atoms with van der Waals surface area (Å²) in [5.41, 5.74) is 4.28. The first-order valence-corrected chi connectivity index (χ1v) is 12.9. The maximum absolute atomic E-state index is 15.2. The summed E-state index contributed by atoms with van der Waals surface area (Å²) in [7, 11) is 1.71. The molecular weight excluding hydrogens is 495 g/mol. The lowest BCUT2D eigenvalue weighted by Gasteiger charge is -2.36. The third kappa shape index (κ3) is 6.22. The average molecular weight is 527 g/mol. The zero-order valence-corrected chi connectivity index (χ0v) is 21.9. The first kappa shape index (κ1) is 26.3. The smallest absolute Gasteiger partial charge is 0.247 e. The molecule has 0 aliphatic carbocycles. The summed E-state index contributed by atoms with van der Waals surface area (Å²) in [5.74, 6) is -0.349. The molecule has 0 bridgehead atoms. The molecule has 200 valence electrons. The number of carbonyl (C=O) groups is 1. The number of anilines is 4. The van der Waals surface area contributed by atoms with E-state index in [0.29, 0.717) is 29.4 Å². The van der Waals surface area contributed by atoms with E-state index in [0.717, 1.165) is 54.9 Å². The fourth-order valence-corrected chi connectivity index (χ4v) is 4.68. The SMILES string of the molecule is C=CC(=O)Nc1cccc(-c2cccc3cnc(Nc4ccc(N5CCN(CCOC)CC5)cc4F)nc23)c1. The van der Waals surface area contributed by atoms with Crippen molar-refractivity contribution < 1.29 is 13.9 Å². The Kier molecular flexibility index (Phi) is 8.10. The molecule has 5 rings (SSSR count). The zero-order valence-electron chi connectivity index (χ0n) is 21.9. The number of nitrogens with zero attached hydrogens (tertiary/aromatic N) is 4. The zero-order chi connectivity index (χ0) is 27.2. The van der Waals surface area contributed by atoms with Crippen molar-refractivity contribution in [2.45, 2.75) is 0 Å². The van der Waals surface area contributed by atoms with Gasteiger partial charge in [0.05, 0.1) is 17.8 Å². The maximum Gasteiger partial charge on any atom is 0.247 e. The highest BCUT2D eigenvalue weighted by Gasteiger charge is 2.18. The highest BCUT2D eigenvalue weighted by atomic mass is 19.1. The third-order valence-corrected chi connectivity index (χ3v) is 6.79. The van der Waals surface area contributed by atoms with E-state index in [2.05, 4.69) is 32.0 Å². The number of fused-ring (bicyclic) bond motifs is 1. The number of hydrogen-bond acceptors (Lipinski definition) is 7. The van der Waals surface area contributed by atoms with Crippen LogP contribution in [0.5, 0.6) is 0 Å². The summed E-state index contributed by atoms with van der Waals surface area (Å²) in [6, 6.07) is 18.5. The molecule has 0 radical (unpaired) electrons. The van der Waals surface area contributed by atoms with Gasteiger partial charge in [-0.05, 0) is 42.0 Å². The summed E-state index contributed by atoms with van der Waals surface area (Å²) in [6.45, 7) is 8.64. The first-order valence-electron chi connectivity index (χ1n) is 12.9. The molecular formula is C30H31FN6O2. The molecule has 0 unspecified atom stereocenters. The van der Waals surface area contributed by atoms with Crippen molar-refractivity contribution in [2.75, 3.05) is 62.0 Å². The van der Waals surface area contributed by atoms with Crippen molar-refractivity contribution in [1.29, 1.82) is 0 Å². The molecule has 3 aromatic carbocycles. The Morgan fingerprint density at radius 3 is 2.69 bits per heavy atom. The number of hydrogen-bond donors (Lipinski definition) is 2. The van der Waals surface area contributed by atoms with Gasteiger partial charge in [0, 0.05) is 68.4 Å². The van der Waals surface area contributed by atoms with Crippen molar-refractivity contribution in [2.24, 2.45) is 0 Å². The molecule has 0 spiro atoms. The fraction of sp³-hybridized carbons (Fsp3) is 0.233. The van der Waals surface area contributed by atoms with Gasteiger partial charge in [0.25, 0.3) is 0 Å². The van der Waals surface area contributed by atoms with E-state index in [1.54, 1.807) is 25.4 Å². The number of ether oxygens (including phenoxy) is 1. The van der Waals surface area contributed by atoms with Gasteiger partial charge in [0.15, 0.2) is 0 Å². The Hall–Kier alpha value is -4.34. The second-order valence-corrected chi connectivity index (χ2v) is 9.32. The largest absolute Gasteiger partial charge is 0.383 e. The number of amides is 1. The predicted molar refractivity (Wildman–Crippen MR) is 154 cm³/mol. The Balaban J connectivity index is 1.35. The van der Waals surface area contributed by atoms with E-state index in [1.807, 2.05) is 48.5 Å². The third-order valence-electron chi connectivity index (χ3n) is 6.79. The number of rotatable bonds is 9. The molecule has 2 N–H and O–H groups in total. The molecule has 9 heteroatoms. The van der Waals surface area contributed by atoms with Crippen LogP contribution in [0.4, 0.5) is 27.4 Å². The van der Waals surface area contributed by atoms with E-state index in [1.165, 1.54) is 6.08 Å². The van der Waals surface area contributed by atoms with Crippen LogP contribution in [0.1, 0.15) is 0 Å². The molecule has 1 saturated heterocycles. The highest BCUT2D eigenvalue weighted by molar-refractivity contribution is 6.00. The van der Waals surface area contributed by atoms with Crippen LogP contribution in [0, 0.1) is 5.82 Å².